The van der Waals surface area contributed by atoms with Gasteiger partial charge in [0.05, 0.1) is 5.69 Å². The second kappa shape index (κ2) is 8.65. The van der Waals surface area contributed by atoms with E-state index in [-0.39, 0.29) is 11.7 Å². The Morgan fingerprint density at radius 3 is 2.57 bits per heavy atom. The summed E-state index contributed by atoms with van der Waals surface area (Å²) in [5.74, 6) is 0.00343. The SMILES string of the molecule is C=CC(=O)NCc1ccc(-c2ccc(F)cc2)cc1-c1ccn(CC(C)C)n1. The summed E-state index contributed by atoms with van der Waals surface area (Å²) < 4.78 is 15.2. The fourth-order valence-corrected chi connectivity index (χ4v) is 3.03. The third-order valence-electron chi connectivity index (χ3n) is 4.39. The van der Waals surface area contributed by atoms with E-state index in [0.717, 1.165) is 34.5 Å². The molecule has 1 heterocycles. The van der Waals surface area contributed by atoms with Crippen LogP contribution in [0.25, 0.3) is 22.4 Å². The maximum absolute atomic E-state index is 13.3. The zero-order valence-corrected chi connectivity index (χ0v) is 16.2. The lowest BCUT2D eigenvalue weighted by atomic mass is 9.97. The molecule has 3 aromatic rings. The van der Waals surface area contributed by atoms with E-state index in [1.165, 1.54) is 18.2 Å². The Hall–Kier alpha value is -3.21. The first-order chi connectivity index (χ1) is 13.5. The predicted molar refractivity (Wildman–Crippen MR) is 110 cm³/mol. The van der Waals surface area contributed by atoms with Crippen LogP contribution in [0.3, 0.4) is 0 Å². The zero-order chi connectivity index (χ0) is 20.1. The smallest absolute Gasteiger partial charge is 0.243 e. The van der Waals surface area contributed by atoms with Gasteiger partial charge in [0.25, 0.3) is 0 Å². The van der Waals surface area contributed by atoms with Crippen LogP contribution in [0.15, 0.2) is 67.4 Å². The molecule has 1 amide bonds. The minimum absolute atomic E-state index is 0.223. The number of carbonyl (C=O) groups excluding carboxylic acids is 1. The Kier molecular flexibility index (Phi) is 6.04. The maximum atomic E-state index is 13.3. The van der Waals surface area contributed by atoms with E-state index >= 15 is 0 Å². The molecule has 144 valence electrons. The lowest BCUT2D eigenvalue weighted by Crippen LogP contribution is -2.20. The Morgan fingerprint density at radius 2 is 1.89 bits per heavy atom. The van der Waals surface area contributed by atoms with Gasteiger partial charge < -0.3 is 5.32 Å². The number of hydrogen-bond donors (Lipinski definition) is 1. The molecule has 2 aromatic carbocycles. The number of hydrogen-bond acceptors (Lipinski definition) is 2. The molecule has 0 saturated carbocycles. The van der Waals surface area contributed by atoms with Gasteiger partial charge in [0.1, 0.15) is 5.82 Å². The van der Waals surface area contributed by atoms with Gasteiger partial charge in [0, 0.05) is 24.8 Å². The van der Waals surface area contributed by atoms with Crippen molar-refractivity contribution in [1.29, 1.82) is 0 Å². The summed E-state index contributed by atoms with van der Waals surface area (Å²) in [6.07, 6.45) is 3.22. The van der Waals surface area contributed by atoms with E-state index < -0.39 is 0 Å². The highest BCUT2D eigenvalue weighted by Crippen LogP contribution is 2.29. The minimum Gasteiger partial charge on any atom is -0.348 e. The molecule has 0 fully saturated rings. The fourth-order valence-electron chi connectivity index (χ4n) is 3.03. The molecule has 0 atom stereocenters. The Bertz CT molecular complexity index is 974. The highest BCUT2D eigenvalue weighted by atomic mass is 19.1. The lowest BCUT2D eigenvalue weighted by Gasteiger charge is -2.12. The summed E-state index contributed by atoms with van der Waals surface area (Å²) in [6, 6.07) is 14.4. The summed E-state index contributed by atoms with van der Waals surface area (Å²) in [5, 5.41) is 7.52. The molecule has 0 aliphatic carbocycles. The first-order valence-corrected chi connectivity index (χ1v) is 9.29. The predicted octanol–water partition coefficient (Wildman–Crippen LogP) is 4.81. The number of amides is 1. The molecule has 0 spiro atoms. The van der Waals surface area contributed by atoms with Crippen molar-refractivity contribution in [2.24, 2.45) is 5.92 Å². The lowest BCUT2D eigenvalue weighted by molar-refractivity contribution is -0.116. The van der Waals surface area contributed by atoms with Gasteiger partial charge in [-0.1, -0.05) is 44.7 Å². The average molecular weight is 377 g/mol. The van der Waals surface area contributed by atoms with Crippen molar-refractivity contribution in [1.82, 2.24) is 15.1 Å². The maximum Gasteiger partial charge on any atom is 0.243 e. The summed E-state index contributed by atoms with van der Waals surface area (Å²) >= 11 is 0. The number of carbonyl (C=O) groups is 1. The number of benzene rings is 2. The van der Waals surface area contributed by atoms with E-state index in [4.69, 9.17) is 5.10 Å². The molecule has 1 N–H and O–H groups in total. The van der Waals surface area contributed by atoms with Crippen LogP contribution in [0.4, 0.5) is 4.39 Å². The molecule has 1 aromatic heterocycles. The summed E-state index contributed by atoms with van der Waals surface area (Å²) in [4.78, 5) is 11.6. The highest BCUT2D eigenvalue weighted by molar-refractivity contribution is 5.87. The standard InChI is InChI=1S/C23H24FN3O/c1-4-23(28)25-14-19-6-5-18(17-7-9-20(24)10-8-17)13-21(19)22-11-12-27(26-22)15-16(2)3/h4-13,16H,1,14-15H2,2-3H3,(H,25,28). The summed E-state index contributed by atoms with van der Waals surface area (Å²) in [7, 11) is 0. The Morgan fingerprint density at radius 1 is 1.18 bits per heavy atom. The second-order valence-electron chi connectivity index (χ2n) is 7.12. The highest BCUT2D eigenvalue weighted by Gasteiger charge is 2.12. The molecule has 3 rings (SSSR count). The molecule has 4 nitrogen and oxygen atoms in total. The van der Waals surface area contributed by atoms with E-state index in [2.05, 4.69) is 25.7 Å². The van der Waals surface area contributed by atoms with Gasteiger partial charge in [-0.2, -0.15) is 5.10 Å². The van der Waals surface area contributed by atoms with Crippen molar-refractivity contribution in [3.63, 3.8) is 0 Å². The number of nitrogens with zero attached hydrogens (tertiary/aromatic N) is 2. The quantitative estimate of drug-likeness (QED) is 0.601. The van der Waals surface area contributed by atoms with Gasteiger partial charge in [-0.25, -0.2) is 4.39 Å². The van der Waals surface area contributed by atoms with Crippen LogP contribution in [0.2, 0.25) is 0 Å². The van der Waals surface area contributed by atoms with Crippen LogP contribution in [0.1, 0.15) is 19.4 Å². The van der Waals surface area contributed by atoms with E-state index in [1.807, 2.05) is 35.1 Å². The van der Waals surface area contributed by atoms with Crippen molar-refractivity contribution < 1.29 is 9.18 Å². The molecular formula is C23H24FN3O. The van der Waals surface area contributed by atoms with Crippen LogP contribution in [-0.4, -0.2) is 15.7 Å². The van der Waals surface area contributed by atoms with Crippen LogP contribution in [0.5, 0.6) is 0 Å². The van der Waals surface area contributed by atoms with Gasteiger partial charge in [0.2, 0.25) is 5.91 Å². The van der Waals surface area contributed by atoms with Crippen molar-refractivity contribution in [3.8, 4) is 22.4 Å². The van der Waals surface area contributed by atoms with Crippen molar-refractivity contribution in [2.75, 3.05) is 0 Å². The van der Waals surface area contributed by atoms with E-state index in [1.54, 1.807) is 12.1 Å². The van der Waals surface area contributed by atoms with Gasteiger partial charge in [-0.3, -0.25) is 9.48 Å². The normalized spacial score (nSPS) is 10.9. The molecule has 28 heavy (non-hydrogen) atoms. The van der Waals surface area contributed by atoms with Crippen molar-refractivity contribution in [2.45, 2.75) is 26.9 Å². The molecular weight excluding hydrogens is 353 g/mol. The van der Waals surface area contributed by atoms with Crippen LogP contribution in [-0.2, 0) is 17.9 Å². The van der Waals surface area contributed by atoms with Crippen molar-refractivity contribution in [3.05, 3.63) is 78.8 Å². The van der Waals surface area contributed by atoms with E-state index in [9.17, 15) is 9.18 Å². The molecule has 0 aliphatic rings. The largest absolute Gasteiger partial charge is 0.348 e. The Labute approximate surface area is 164 Å². The van der Waals surface area contributed by atoms with Gasteiger partial charge in [-0.05, 0) is 52.9 Å². The van der Waals surface area contributed by atoms with Crippen LogP contribution >= 0.6 is 0 Å². The van der Waals surface area contributed by atoms with Gasteiger partial charge in [-0.15, -0.1) is 0 Å². The third kappa shape index (κ3) is 4.74. The van der Waals surface area contributed by atoms with Gasteiger partial charge in [0.15, 0.2) is 0 Å². The first kappa shape index (κ1) is 19.5. The second-order valence-corrected chi connectivity index (χ2v) is 7.12. The number of halogens is 1. The van der Waals surface area contributed by atoms with E-state index in [0.29, 0.717) is 12.5 Å². The monoisotopic (exact) mass is 377 g/mol. The summed E-state index contributed by atoms with van der Waals surface area (Å²) in [5.41, 5.74) is 4.62. The molecule has 0 aliphatic heterocycles. The van der Waals surface area contributed by atoms with Crippen LogP contribution in [0, 0.1) is 11.7 Å². The Balaban J connectivity index is 2.00. The number of aromatic nitrogens is 2. The molecule has 0 bridgehead atoms. The number of nitrogens with one attached hydrogen (secondary N) is 1. The fraction of sp³-hybridized carbons (Fsp3) is 0.217. The van der Waals surface area contributed by atoms with Crippen molar-refractivity contribution >= 4 is 5.91 Å². The number of rotatable bonds is 7. The van der Waals surface area contributed by atoms with Gasteiger partial charge >= 0.3 is 0 Å². The zero-order valence-electron chi connectivity index (χ0n) is 16.2. The average Bonchev–Trinajstić information content (AvgIpc) is 3.14. The first-order valence-electron chi connectivity index (χ1n) is 9.29. The molecule has 0 radical (unpaired) electrons. The minimum atomic E-state index is -0.264. The molecule has 5 heteroatoms. The topological polar surface area (TPSA) is 46.9 Å². The molecule has 0 unspecified atom stereocenters. The third-order valence-corrected chi connectivity index (χ3v) is 4.39. The summed E-state index contributed by atoms with van der Waals surface area (Å²) in [6.45, 7) is 8.99. The van der Waals surface area contributed by atoms with Crippen LogP contribution < -0.4 is 5.32 Å². The molecule has 0 saturated heterocycles.